The van der Waals surface area contributed by atoms with Crippen molar-refractivity contribution in [1.29, 1.82) is 0 Å². The van der Waals surface area contributed by atoms with Gasteiger partial charge in [-0.15, -0.1) is 0 Å². The van der Waals surface area contributed by atoms with Gasteiger partial charge in [0.2, 0.25) is 10.0 Å². The first-order valence-electron chi connectivity index (χ1n) is 11.4. The molecule has 0 saturated carbocycles. The largest absolute Gasteiger partial charge is 0.379 e. The summed E-state index contributed by atoms with van der Waals surface area (Å²) in [6.45, 7) is 4.17. The van der Waals surface area contributed by atoms with Gasteiger partial charge >= 0.3 is 0 Å². The summed E-state index contributed by atoms with van der Waals surface area (Å²) in [5.74, 6) is -0.269. The molecule has 0 radical (unpaired) electrons. The van der Waals surface area contributed by atoms with Crippen LogP contribution in [0.2, 0.25) is 0 Å². The van der Waals surface area contributed by atoms with E-state index in [0.717, 1.165) is 12.8 Å². The van der Waals surface area contributed by atoms with Gasteiger partial charge in [-0.1, -0.05) is 30.3 Å². The van der Waals surface area contributed by atoms with Crippen LogP contribution in [-0.4, -0.2) is 77.8 Å². The second-order valence-electron chi connectivity index (χ2n) is 8.14. The van der Waals surface area contributed by atoms with Crippen molar-refractivity contribution in [2.45, 2.75) is 17.7 Å². The Morgan fingerprint density at radius 1 is 0.909 bits per heavy atom. The minimum Gasteiger partial charge on any atom is -0.379 e. The summed E-state index contributed by atoms with van der Waals surface area (Å²) in [4.78, 5) is 15.0. The number of sulfonamides is 1. The maximum absolute atomic E-state index is 13.5. The van der Waals surface area contributed by atoms with Gasteiger partial charge in [0.05, 0.1) is 32.1 Å². The van der Waals surface area contributed by atoms with Gasteiger partial charge in [0.15, 0.2) is 0 Å². The topological polar surface area (TPSA) is 88.2 Å². The van der Waals surface area contributed by atoms with E-state index >= 15 is 0 Å². The lowest BCUT2D eigenvalue weighted by molar-refractivity contribution is 0.0730. The van der Waals surface area contributed by atoms with Gasteiger partial charge in [0, 0.05) is 38.3 Å². The lowest BCUT2D eigenvalue weighted by atomic mass is 10.1. The van der Waals surface area contributed by atoms with Crippen LogP contribution in [0.3, 0.4) is 0 Å². The first kappa shape index (κ1) is 23.7. The van der Waals surface area contributed by atoms with Crippen molar-refractivity contribution in [1.82, 2.24) is 9.62 Å². The number of nitrogens with one attached hydrogen (secondary N) is 1. The van der Waals surface area contributed by atoms with Gasteiger partial charge < -0.3 is 19.7 Å². The lowest BCUT2D eigenvalue weighted by Crippen LogP contribution is -2.42. The van der Waals surface area contributed by atoms with Crippen LogP contribution >= 0.6 is 0 Å². The average Bonchev–Trinajstić information content (AvgIpc) is 2.88. The summed E-state index contributed by atoms with van der Waals surface area (Å²) in [5, 5.41) is 2.93. The third-order valence-corrected chi connectivity index (χ3v) is 7.86. The van der Waals surface area contributed by atoms with E-state index in [1.165, 1.54) is 15.9 Å². The highest BCUT2D eigenvalue weighted by molar-refractivity contribution is 7.89. The van der Waals surface area contributed by atoms with E-state index in [-0.39, 0.29) is 10.8 Å². The molecule has 2 aromatic carbocycles. The van der Waals surface area contributed by atoms with E-state index in [9.17, 15) is 13.2 Å². The molecule has 2 aliphatic heterocycles. The zero-order chi connectivity index (χ0) is 23.1. The van der Waals surface area contributed by atoms with E-state index in [4.69, 9.17) is 9.47 Å². The molecule has 1 N–H and O–H groups in total. The van der Waals surface area contributed by atoms with Crippen LogP contribution < -0.4 is 10.2 Å². The van der Waals surface area contributed by atoms with E-state index in [2.05, 4.69) is 17.4 Å². The number of nitrogens with zero attached hydrogens (tertiary/aromatic N) is 2. The summed E-state index contributed by atoms with van der Waals surface area (Å²) >= 11 is 0. The average molecular weight is 474 g/mol. The zero-order valence-electron chi connectivity index (χ0n) is 18.7. The van der Waals surface area contributed by atoms with Crippen molar-refractivity contribution in [3.8, 4) is 0 Å². The summed E-state index contributed by atoms with van der Waals surface area (Å²) < 4.78 is 39.2. The van der Waals surface area contributed by atoms with Crippen molar-refractivity contribution >= 4 is 21.6 Å². The van der Waals surface area contributed by atoms with E-state index in [1.54, 1.807) is 12.1 Å². The Bertz CT molecular complexity index is 1030. The molecule has 178 valence electrons. The minimum absolute atomic E-state index is 0.170. The highest BCUT2D eigenvalue weighted by Gasteiger charge is 2.31. The first-order valence-corrected chi connectivity index (χ1v) is 12.9. The standard InChI is InChI=1S/C24H31N3O5S/c28-24(25-10-4-7-20-5-2-1-3-6-20)21-8-9-22(26-11-15-31-16-12-26)23(19-21)33(29,30)27-13-17-32-18-14-27/h1-3,5-6,8-9,19H,4,7,10-18H2,(H,25,28). The normalized spacial score (nSPS) is 17.6. The van der Waals surface area contributed by atoms with Crippen LogP contribution in [0.15, 0.2) is 53.4 Å². The molecule has 0 bridgehead atoms. The van der Waals surface area contributed by atoms with Crippen LogP contribution in [0.1, 0.15) is 22.3 Å². The quantitative estimate of drug-likeness (QED) is 0.590. The molecular weight excluding hydrogens is 442 g/mol. The lowest BCUT2D eigenvalue weighted by Gasteiger charge is -2.32. The molecule has 2 heterocycles. The fourth-order valence-electron chi connectivity index (χ4n) is 4.09. The molecule has 2 fully saturated rings. The number of rotatable bonds is 8. The van der Waals surface area contributed by atoms with E-state index in [1.807, 2.05) is 23.1 Å². The van der Waals surface area contributed by atoms with Crippen LogP contribution in [0.25, 0.3) is 0 Å². The zero-order valence-corrected chi connectivity index (χ0v) is 19.6. The Hall–Kier alpha value is -2.46. The van der Waals surface area contributed by atoms with Crippen molar-refractivity contribution < 1.29 is 22.7 Å². The number of benzene rings is 2. The summed E-state index contributed by atoms with van der Waals surface area (Å²) in [5.41, 5.74) is 2.18. The molecule has 8 nitrogen and oxygen atoms in total. The molecule has 0 unspecified atom stereocenters. The molecule has 2 aromatic rings. The molecule has 0 aromatic heterocycles. The highest BCUT2D eigenvalue weighted by atomic mass is 32.2. The minimum atomic E-state index is -3.77. The van der Waals surface area contributed by atoms with E-state index < -0.39 is 10.0 Å². The van der Waals surface area contributed by atoms with Crippen molar-refractivity contribution in [2.75, 3.05) is 64.1 Å². The molecule has 1 amide bonds. The van der Waals surface area contributed by atoms with Crippen LogP contribution in [0, 0.1) is 0 Å². The second-order valence-corrected chi connectivity index (χ2v) is 10.0. The summed E-state index contributed by atoms with van der Waals surface area (Å²) in [7, 11) is -3.77. The van der Waals surface area contributed by atoms with Gasteiger partial charge in [0.25, 0.3) is 5.91 Å². The number of aryl methyl sites for hydroxylation is 1. The molecule has 33 heavy (non-hydrogen) atoms. The molecule has 0 atom stereocenters. The number of morpholine rings is 2. The Morgan fingerprint density at radius 2 is 1.58 bits per heavy atom. The molecular formula is C24H31N3O5S. The Kier molecular flexibility index (Phi) is 7.97. The predicted octanol–water partition coefficient (Wildman–Crippen LogP) is 1.91. The summed E-state index contributed by atoms with van der Waals surface area (Å²) in [6.07, 6.45) is 1.67. The fourth-order valence-corrected chi connectivity index (χ4v) is 5.74. The van der Waals surface area contributed by atoms with Gasteiger partial charge in [0.1, 0.15) is 4.90 Å². The Morgan fingerprint density at radius 3 is 2.27 bits per heavy atom. The van der Waals surface area contributed by atoms with Crippen LogP contribution in [0.5, 0.6) is 0 Å². The molecule has 2 aliphatic rings. The Labute approximate surface area is 195 Å². The second kappa shape index (κ2) is 11.1. The fraction of sp³-hybridized carbons (Fsp3) is 0.458. The van der Waals surface area contributed by atoms with Gasteiger partial charge in [-0.3, -0.25) is 4.79 Å². The third kappa shape index (κ3) is 5.92. The van der Waals surface area contributed by atoms with Crippen LogP contribution in [-0.2, 0) is 25.9 Å². The highest BCUT2D eigenvalue weighted by Crippen LogP contribution is 2.30. The Balaban J connectivity index is 1.51. The number of ether oxygens (including phenoxy) is 2. The molecule has 9 heteroatoms. The summed E-state index contributed by atoms with van der Waals surface area (Å²) in [6, 6.07) is 15.1. The number of amides is 1. The number of hydrogen-bond acceptors (Lipinski definition) is 6. The molecule has 0 spiro atoms. The van der Waals surface area contributed by atoms with Gasteiger partial charge in [-0.25, -0.2) is 8.42 Å². The number of anilines is 1. The van der Waals surface area contributed by atoms with Gasteiger partial charge in [-0.05, 0) is 36.6 Å². The predicted molar refractivity (Wildman–Crippen MR) is 126 cm³/mol. The smallest absolute Gasteiger partial charge is 0.251 e. The van der Waals surface area contributed by atoms with Gasteiger partial charge in [-0.2, -0.15) is 4.31 Å². The van der Waals surface area contributed by atoms with Crippen molar-refractivity contribution in [3.05, 3.63) is 59.7 Å². The van der Waals surface area contributed by atoms with E-state index in [0.29, 0.717) is 70.4 Å². The van der Waals surface area contributed by atoms with Crippen molar-refractivity contribution in [3.63, 3.8) is 0 Å². The van der Waals surface area contributed by atoms with Crippen molar-refractivity contribution in [2.24, 2.45) is 0 Å². The number of hydrogen-bond donors (Lipinski definition) is 1. The molecule has 4 rings (SSSR count). The third-order valence-electron chi connectivity index (χ3n) is 5.93. The molecule has 2 saturated heterocycles. The SMILES string of the molecule is O=C(NCCCc1ccccc1)c1ccc(N2CCOCC2)c(S(=O)(=O)N2CCOCC2)c1. The first-order chi connectivity index (χ1) is 16.1. The maximum atomic E-state index is 13.5. The number of carbonyl (C=O) groups excluding carboxylic acids is 1. The monoisotopic (exact) mass is 473 g/mol. The maximum Gasteiger partial charge on any atom is 0.251 e. The number of carbonyl (C=O) groups is 1. The molecule has 0 aliphatic carbocycles. The van der Waals surface area contributed by atoms with Crippen LogP contribution in [0.4, 0.5) is 5.69 Å².